The van der Waals surface area contributed by atoms with Gasteiger partial charge in [-0.05, 0) is 6.07 Å². The van der Waals surface area contributed by atoms with Gasteiger partial charge in [0.25, 0.3) is 11.5 Å². The highest BCUT2D eigenvalue weighted by Gasteiger charge is 2.17. The number of amides is 1. The molecule has 0 aliphatic heterocycles. The van der Waals surface area contributed by atoms with Crippen LogP contribution in [0, 0.1) is 0 Å². The van der Waals surface area contributed by atoms with Crippen LogP contribution in [0.1, 0.15) is 10.4 Å². The number of aromatic amines is 1. The standard InChI is InChI=1S/C12H13N3O2/c1-15(2)10-9(11(13)16)7-5-3-4-6-8(7)14-12(10)17/h3-6H,1-2H3,(H2,13,16)(H,14,17). The molecule has 0 fully saturated rings. The highest BCUT2D eigenvalue weighted by Crippen LogP contribution is 2.22. The van der Waals surface area contributed by atoms with E-state index in [1.165, 1.54) is 0 Å². The van der Waals surface area contributed by atoms with Crippen molar-refractivity contribution >= 4 is 22.5 Å². The summed E-state index contributed by atoms with van der Waals surface area (Å²) >= 11 is 0. The van der Waals surface area contributed by atoms with E-state index in [-0.39, 0.29) is 16.8 Å². The lowest BCUT2D eigenvalue weighted by Crippen LogP contribution is -2.27. The van der Waals surface area contributed by atoms with Gasteiger partial charge >= 0.3 is 0 Å². The van der Waals surface area contributed by atoms with Crippen molar-refractivity contribution in [3.05, 3.63) is 40.2 Å². The first-order valence-corrected chi connectivity index (χ1v) is 5.14. The topological polar surface area (TPSA) is 79.2 Å². The Kier molecular flexibility index (Phi) is 2.59. The largest absolute Gasteiger partial charge is 0.373 e. The molecule has 0 spiro atoms. The van der Waals surface area contributed by atoms with Gasteiger partial charge in [0.1, 0.15) is 5.69 Å². The number of benzene rings is 1. The zero-order valence-electron chi connectivity index (χ0n) is 9.65. The maximum Gasteiger partial charge on any atom is 0.272 e. The molecular weight excluding hydrogens is 218 g/mol. The van der Waals surface area contributed by atoms with Crippen molar-refractivity contribution in [3.8, 4) is 0 Å². The Morgan fingerprint density at radius 3 is 2.53 bits per heavy atom. The second-order valence-corrected chi connectivity index (χ2v) is 3.98. The van der Waals surface area contributed by atoms with Crippen LogP contribution in [0.5, 0.6) is 0 Å². The first-order chi connectivity index (χ1) is 8.02. The molecule has 0 bridgehead atoms. The molecule has 5 heteroatoms. The molecule has 0 aliphatic rings. The van der Waals surface area contributed by atoms with Crippen molar-refractivity contribution in [1.29, 1.82) is 0 Å². The lowest BCUT2D eigenvalue weighted by molar-refractivity contribution is 0.100. The van der Waals surface area contributed by atoms with E-state index < -0.39 is 5.91 Å². The Morgan fingerprint density at radius 2 is 1.94 bits per heavy atom. The third-order valence-corrected chi connectivity index (χ3v) is 2.59. The van der Waals surface area contributed by atoms with Crippen LogP contribution in [0.3, 0.4) is 0 Å². The number of rotatable bonds is 2. The average molecular weight is 231 g/mol. The number of carbonyl (C=O) groups is 1. The van der Waals surface area contributed by atoms with Gasteiger partial charge in [-0.25, -0.2) is 0 Å². The van der Waals surface area contributed by atoms with Crippen LogP contribution in [-0.2, 0) is 0 Å². The number of hydrogen-bond donors (Lipinski definition) is 2. The molecule has 3 N–H and O–H groups in total. The van der Waals surface area contributed by atoms with Crippen LogP contribution < -0.4 is 16.2 Å². The van der Waals surface area contributed by atoms with Crippen molar-refractivity contribution in [2.45, 2.75) is 0 Å². The van der Waals surface area contributed by atoms with E-state index in [9.17, 15) is 9.59 Å². The number of fused-ring (bicyclic) bond motifs is 1. The van der Waals surface area contributed by atoms with E-state index in [0.29, 0.717) is 10.9 Å². The molecule has 0 saturated carbocycles. The minimum Gasteiger partial charge on any atom is -0.373 e. The molecular formula is C12H13N3O2. The first kappa shape index (κ1) is 11.2. The van der Waals surface area contributed by atoms with Gasteiger partial charge in [0.05, 0.1) is 5.56 Å². The highest BCUT2D eigenvalue weighted by molar-refractivity contribution is 6.09. The van der Waals surface area contributed by atoms with Crippen molar-refractivity contribution in [2.24, 2.45) is 5.73 Å². The van der Waals surface area contributed by atoms with E-state index in [4.69, 9.17) is 5.73 Å². The minimum absolute atomic E-state index is 0.259. The summed E-state index contributed by atoms with van der Waals surface area (Å²) < 4.78 is 0. The minimum atomic E-state index is -0.601. The number of aromatic nitrogens is 1. The number of primary amides is 1. The Bertz CT molecular complexity index is 644. The molecule has 17 heavy (non-hydrogen) atoms. The molecule has 1 aromatic heterocycles. The fourth-order valence-electron chi connectivity index (χ4n) is 1.91. The predicted octanol–water partition coefficient (Wildman–Crippen LogP) is 0.693. The van der Waals surface area contributed by atoms with Gasteiger partial charge in [-0.3, -0.25) is 9.59 Å². The SMILES string of the molecule is CN(C)c1c(C(N)=O)c2ccccc2[nH]c1=O. The molecule has 0 radical (unpaired) electrons. The molecule has 1 heterocycles. The molecule has 1 amide bonds. The number of nitrogens with zero attached hydrogens (tertiary/aromatic N) is 1. The van der Waals surface area contributed by atoms with Crippen molar-refractivity contribution in [3.63, 3.8) is 0 Å². The zero-order chi connectivity index (χ0) is 12.6. The number of anilines is 1. The molecule has 1 aromatic carbocycles. The van der Waals surface area contributed by atoms with Crippen LogP contribution in [0.15, 0.2) is 29.1 Å². The molecule has 88 valence electrons. The summed E-state index contributed by atoms with van der Waals surface area (Å²) in [6.07, 6.45) is 0. The van der Waals surface area contributed by atoms with Crippen LogP contribution in [0.2, 0.25) is 0 Å². The number of hydrogen-bond acceptors (Lipinski definition) is 3. The second kappa shape index (κ2) is 3.93. The number of carbonyl (C=O) groups excluding carboxylic acids is 1. The molecule has 2 aromatic rings. The van der Waals surface area contributed by atoms with Gasteiger partial charge < -0.3 is 15.6 Å². The third-order valence-electron chi connectivity index (χ3n) is 2.59. The van der Waals surface area contributed by atoms with Crippen LogP contribution in [0.25, 0.3) is 10.9 Å². The predicted molar refractivity (Wildman–Crippen MR) is 67.4 cm³/mol. The van der Waals surface area contributed by atoms with Crippen LogP contribution >= 0.6 is 0 Å². The van der Waals surface area contributed by atoms with Gasteiger partial charge in [-0.1, -0.05) is 18.2 Å². The van der Waals surface area contributed by atoms with Crippen molar-refractivity contribution in [1.82, 2.24) is 4.98 Å². The van der Waals surface area contributed by atoms with Gasteiger partial charge in [0, 0.05) is 25.0 Å². The highest BCUT2D eigenvalue weighted by atomic mass is 16.1. The normalized spacial score (nSPS) is 10.5. The van der Waals surface area contributed by atoms with E-state index in [2.05, 4.69) is 4.98 Å². The zero-order valence-corrected chi connectivity index (χ0v) is 9.65. The monoisotopic (exact) mass is 231 g/mol. The van der Waals surface area contributed by atoms with Crippen molar-refractivity contribution < 1.29 is 4.79 Å². The second-order valence-electron chi connectivity index (χ2n) is 3.98. The number of H-pyrrole nitrogens is 1. The van der Waals surface area contributed by atoms with E-state index in [1.54, 1.807) is 43.3 Å². The Morgan fingerprint density at radius 1 is 1.29 bits per heavy atom. The average Bonchev–Trinajstić information content (AvgIpc) is 2.26. The summed E-state index contributed by atoms with van der Waals surface area (Å²) in [6, 6.07) is 7.09. The van der Waals surface area contributed by atoms with Crippen molar-refractivity contribution in [2.75, 3.05) is 19.0 Å². The number of pyridine rings is 1. The fourth-order valence-corrected chi connectivity index (χ4v) is 1.91. The van der Waals surface area contributed by atoms with Gasteiger partial charge in [0.15, 0.2) is 0 Å². The summed E-state index contributed by atoms with van der Waals surface area (Å²) in [5.74, 6) is -0.601. The smallest absolute Gasteiger partial charge is 0.272 e. The lowest BCUT2D eigenvalue weighted by atomic mass is 10.1. The van der Waals surface area contributed by atoms with Crippen LogP contribution in [0.4, 0.5) is 5.69 Å². The Balaban J connectivity index is 2.99. The summed E-state index contributed by atoms with van der Waals surface area (Å²) in [7, 11) is 3.40. The maximum absolute atomic E-state index is 11.9. The Hall–Kier alpha value is -2.30. The van der Waals surface area contributed by atoms with Gasteiger partial charge in [-0.15, -0.1) is 0 Å². The number of para-hydroxylation sites is 1. The molecule has 5 nitrogen and oxygen atoms in total. The number of nitrogens with two attached hydrogens (primary N) is 1. The maximum atomic E-state index is 11.9. The molecule has 0 atom stereocenters. The molecule has 0 saturated heterocycles. The van der Waals surface area contributed by atoms with Crippen LogP contribution in [-0.4, -0.2) is 25.0 Å². The summed E-state index contributed by atoms with van der Waals surface area (Å²) in [5.41, 5.74) is 6.21. The third kappa shape index (κ3) is 1.75. The first-order valence-electron chi connectivity index (χ1n) is 5.14. The number of nitrogens with one attached hydrogen (secondary N) is 1. The van der Waals surface area contributed by atoms with E-state index in [0.717, 1.165) is 0 Å². The molecule has 0 aliphatic carbocycles. The fraction of sp³-hybridized carbons (Fsp3) is 0.167. The quantitative estimate of drug-likeness (QED) is 0.798. The van der Waals surface area contributed by atoms with E-state index >= 15 is 0 Å². The Labute approximate surface area is 97.9 Å². The van der Waals surface area contributed by atoms with E-state index in [1.807, 2.05) is 0 Å². The van der Waals surface area contributed by atoms with Gasteiger partial charge in [-0.2, -0.15) is 0 Å². The summed E-state index contributed by atoms with van der Waals surface area (Å²) in [6.45, 7) is 0. The van der Waals surface area contributed by atoms with Gasteiger partial charge in [0.2, 0.25) is 0 Å². The summed E-state index contributed by atoms with van der Waals surface area (Å²) in [4.78, 5) is 27.7. The molecule has 0 unspecified atom stereocenters. The lowest BCUT2D eigenvalue weighted by Gasteiger charge is -2.16. The summed E-state index contributed by atoms with van der Waals surface area (Å²) in [5, 5.41) is 0.656. The molecule has 2 rings (SSSR count).